The Kier molecular flexibility index (Phi) is 4.73. The molecule has 0 bridgehead atoms. The van der Waals surface area contributed by atoms with Crippen LogP contribution in [0.3, 0.4) is 0 Å². The maximum atomic E-state index is 13.0. The largest absolute Gasteiger partial charge is 0.496 e. The molecule has 32 heavy (non-hydrogen) atoms. The fraction of sp³-hybridized carbons (Fsp3) is 0.261. The lowest BCUT2D eigenvalue weighted by atomic mass is 9.98. The standard InChI is InChI=1S/C23H21N5O4/c1-27-21(17-10-24-8-7-19(17)32-2)16(11-25-27)13-3-4-15-14(9-13)12-28(23(15)31)18-5-6-20(29)26-22(18)30/h3-4,7-11,18H,5-6,12H2,1-2H3,(H,26,29,30). The Labute approximate surface area is 184 Å². The van der Waals surface area contributed by atoms with Crippen molar-refractivity contribution in [3.8, 4) is 28.1 Å². The van der Waals surface area contributed by atoms with Crippen LogP contribution in [0.15, 0.2) is 42.9 Å². The highest BCUT2D eigenvalue weighted by Crippen LogP contribution is 2.38. The first-order chi connectivity index (χ1) is 15.5. The van der Waals surface area contributed by atoms with Crippen molar-refractivity contribution in [2.75, 3.05) is 7.11 Å². The number of rotatable bonds is 4. The minimum Gasteiger partial charge on any atom is -0.496 e. The summed E-state index contributed by atoms with van der Waals surface area (Å²) in [6.07, 6.45) is 5.75. The summed E-state index contributed by atoms with van der Waals surface area (Å²) in [6.45, 7) is 0.320. The van der Waals surface area contributed by atoms with Crippen molar-refractivity contribution < 1.29 is 19.1 Å². The molecule has 0 radical (unpaired) electrons. The van der Waals surface area contributed by atoms with E-state index in [1.165, 1.54) is 0 Å². The molecule has 2 aliphatic rings. The lowest BCUT2D eigenvalue weighted by molar-refractivity contribution is -0.136. The summed E-state index contributed by atoms with van der Waals surface area (Å²) in [6, 6.07) is 6.79. The van der Waals surface area contributed by atoms with Gasteiger partial charge in [0.1, 0.15) is 11.8 Å². The number of hydrogen-bond acceptors (Lipinski definition) is 6. The molecule has 1 aromatic carbocycles. The van der Waals surface area contributed by atoms with E-state index in [-0.39, 0.29) is 18.2 Å². The molecule has 0 aliphatic carbocycles. The molecule has 0 saturated carbocycles. The zero-order valence-electron chi connectivity index (χ0n) is 17.7. The van der Waals surface area contributed by atoms with Gasteiger partial charge in [0, 0.05) is 43.5 Å². The third-order valence-corrected chi connectivity index (χ3v) is 6.03. The summed E-state index contributed by atoms with van der Waals surface area (Å²) in [5.41, 5.74) is 4.85. The van der Waals surface area contributed by atoms with E-state index in [1.54, 1.807) is 47.4 Å². The molecule has 1 N–H and O–H groups in total. The Hall–Kier alpha value is -4.01. The predicted molar refractivity (Wildman–Crippen MR) is 114 cm³/mol. The second kappa shape index (κ2) is 7.60. The molecular formula is C23H21N5O4. The molecule has 2 aliphatic heterocycles. The van der Waals surface area contributed by atoms with Crippen LogP contribution in [0.1, 0.15) is 28.8 Å². The molecule has 5 rings (SSSR count). The number of nitrogens with one attached hydrogen (secondary N) is 1. The summed E-state index contributed by atoms with van der Waals surface area (Å²) in [4.78, 5) is 42.5. The number of ether oxygens (including phenoxy) is 1. The highest BCUT2D eigenvalue weighted by atomic mass is 16.5. The van der Waals surface area contributed by atoms with Crippen molar-refractivity contribution in [2.24, 2.45) is 7.05 Å². The van der Waals surface area contributed by atoms with Crippen LogP contribution < -0.4 is 10.1 Å². The first-order valence-electron chi connectivity index (χ1n) is 10.3. The normalized spacial score (nSPS) is 18.0. The maximum Gasteiger partial charge on any atom is 0.255 e. The van der Waals surface area contributed by atoms with Crippen LogP contribution in [-0.2, 0) is 23.2 Å². The number of carbonyl (C=O) groups excluding carboxylic acids is 3. The molecule has 1 saturated heterocycles. The van der Waals surface area contributed by atoms with Gasteiger partial charge >= 0.3 is 0 Å². The fourth-order valence-electron chi connectivity index (χ4n) is 4.45. The molecule has 3 aromatic rings. The number of hydrogen-bond donors (Lipinski definition) is 1. The van der Waals surface area contributed by atoms with Crippen molar-refractivity contribution in [1.29, 1.82) is 0 Å². The van der Waals surface area contributed by atoms with E-state index >= 15 is 0 Å². The number of pyridine rings is 1. The van der Waals surface area contributed by atoms with E-state index < -0.39 is 11.9 Å². The fourth-order valence-corrected chi connectivity index (χ4v) is 4.45. The van der Waals surface area contributed by atoms with Crippen molar-refractivity contribution in [1.82, 2.24) is 25.0 Å². The number of amides is 3. The summed E-state index contributed by atoms with van der Waals surface area (Å²) < 4.78 is 7.27. The smallest absolute Gasteiger partial charge is 0.255 e. The van der Waals surface area contributed by atoms with Crippen LogP contribution in [0.5, 0.6) is 5.75 Å². The molecular weight excluding hydrogens is 410 g/mol. The molecule has 162 valence electrons. The van der Waals surface area contributed by atoms with Crippen molar-refractivity contribution in [3.63, 3.8) is 0 Å². The Morgan fingerprint density at radius 3 is 2.72 bits per heavy atom. The topological polar surface area (TPSA) is 106 Å². The van der Waals surface area contributed by atoms with E-state index in [9.17, 15) is 14.4 Å². The van der Waals surface area contributed by atoms with E-state index in [4.69, 9.17) is 4.74 Å². The first-order valence-corrected chi connectivity index (χ1v) is 10.3. The highest BCUT2D eigenvalue weighted by molar-refractivity contribution is 6.05. The zero-order valence-corrected chi connectivity index (χ0v) is 17.7. The summed E-state index contributed by atoms with van der Waals surface area (Å²) in [5, 5.41) is 6.76. The lowest BCUT2D eigenvalue weighted by Crippen LogP contribution is -2.52. The Balaban J connectivity index is 1.51. The summed E-state index contributed by atoms with van der Waals surface area (Å²) in [7, 11) is 3.46. The van der Waals surface area contributed by atoms with E-state index in [0.29, 0.717) is 24.3 Å². The third kappa shape index (κ3) is 3.13. The van der Waals surface area contributed by atoms with Crippen LogP contribution in [0.4, 0.5) is 0 Å². The molecule has 9 nitrogen and oxygen atoms in total. The number of aromatic nitrogens is 3. The predicted octanol–water partition coefficient (Wildman–Crippen LogP) is 1.92. The van der Waals surface area contributed by atoms with E-state index in [1.807, 2.05) is 19.2 Å². The summed E-state index contributed by atoms with van der Waals surface area (Å²) in [5.74, 6) is -0.222. The van der Waals surface area contributed by atoms with Crippen molar-refractivity contribution in [2.45, 2.75) is 25.4 Å². The van der Waals surface area contributed by atoms with Gasteiger partial charge in [0.05, 0.1) is 24.6 Å². The van der Waals surface area contributed by atoms with Gasteiger partial charge < -0.3 is 9.64 Å². The minimum atomic E-state index is -0.635. The molecule has 4 heterocycles. The molecule has 1 unspecified atom stereocenters. The molecule has 1 atom stereocenters. The molecule has 1 fully saturated rings. The Morgan fingerprint density at radius 1 is 1.09 bits per heavy atom. The first kappa shape index (κ1) is 19.9. The van der Waals surface area contributed by atoms with Gasteiger partial charge in [-0.25, -0.2) is 0 Å². The van der Waals surface area contributed by atoms with Crippen LogP contribution in [0, 0.1) is 0 Å². The average Bonchev–Trinajstić information content (AvgIpc) is 3.33. The van der Waals surface area contributed by atoms with Crippen LogP contribution in [0.2, 0.25) is 0 Å². The van der Waals surface area contributed by atoms with Gasteiger partial charge in [-0.1, -0.05) is 6.07 Å². The zero-order chi connectivity index (χ0) is 22.4. The second-order valence-electron chi connectivity index (χ2n) is 7.88. The van der Waals surface area contributed by atoms with Gasteiger partial charge in [0.2, 0.25) is 11.8 Å². The molecule has 0 spiro atoms. The number of carbonyl (C=O) groups is 3. The number of benzene rings is 1. The molecule has 2 aromatic heterocycles. The van der Waals surface area contributed by atoms with Crippen molar-refractivity contribution >= 4 is 17.7 Å². The number of aryl methyl sites for hydroxylation is 1. The Morgan fingerprint density at radius 2 is 1.94 bits per heavy atom. The van der Waals surface area contributed by atoms with E-state index in [2.05, 4.69) is 15.4 Å². The van der Waals surface area contributed by atoms with Gasteiger partial charge in [-0.05, 0) is 35.7 Å². The second-order valence-corrected chi connectivity index (χ2v) is 7.88. The quantitative estimate of drug-likeness (QED) is 0.633. The van der Waals surface area contributed by atoms with Crippen molar-refractivity contribution in [3.05, 3.63) is 54.0 Å². The highest BCUT2D eigenvalue weighted by Gasteiger charge is 2.39. The number of nitrogens with zero attached hydrogens (tertiary/aromatic N) is 4. The Bertz CT molecular complexity index is 1270. The van der Waals surface area contributed by atoms with Gasteiger partial charge in [0.25, 0.3) is 5.91 Å². The average molecular weight is 431 g/mol. The van der Waals surface area contributed by atoms with Crippen LogP contribution in [-0.4, -0.2) is 50.5 Å². The van der Waals surface area contributed by atoms with E-state index in [0.717, 1.165) is 27.9 Å². The number of imide groups is 1. The monoisotopic (exact) mass is 431 g/mol. The lowest BCUT2D eigenvalue weighted by Gasteiger charge is -2.29. The van der Waals surface area contributed by atoms with Gasteiger partial charge in [-0.2, -0.15) is 5.10 Å². The minimum absolute atomic E-state index is 0.193. The molecule has 3 amide bonds. The number of methoxy groups -OCH3 is 1. The van der Waals surface area contributed by atoms with Gasteiger partial charge in [0.15, 0.2) is 0 Å². The maximum absolute atomic E-state index is 13.0. The molecule has 9 heteroatoms. The van der Waals surface area contributed by atoms with Gasteiger partial charge in [-0.15, -0.1) is 0 Å². The SMILES string of the molecule is COc1ccncc1-c1c(-c2ccc3c(c2)CN(C2CCC(=O)NC2=O)C3=O)cnn1C. The van der Waals surface area contributed by atoms with Crippen LogP contribution >= 0.6 is 0 Å². The summed E-state index contributed by atoms with van der Waals surface area (Å²) >= 11 is 0. The van der Waals surface area contributed by atoms with Gasteiger partial charge in [-0.3, -0.25) is 29.4 Å². The van der Waals surface area contributed by atoms with Crippen LogP contribution in [0.25, 0.3) is 22.4 Å². The number of piperidine rings is 1. The third-order valence-electron chi connectivity index (χ3n) is 6.03. The number of fused-ring (bicyclic) bond motifs is 1.